The van der Waals surface area contributed by atoms with Gasteiger partial charge in [-0.25, -0.2) is 0 Å². The first-order valence-corrected chi connectivity index (χ1v) is 8.13. The average Bonchev–Trinajstić information content (AvgIpc) is 2.91. The molecule has 1 aliphatic heterocycles. The van der Waals surface area contributed by atoms with Crippen molar-refractivity contribution in [2.24, 2.45) is 23.7 Å². The summed E-state index contributed by atoms with van der Waals surface area (Å²) in [4.78, 5) is 25.9. The molecule has 1 saturated heterocycles. The SMILES string of the molecule is CCC1C[C@H](C(=O)N2CCC(C(C)O)CC2)[C@H](C(=O)O)C1. The molecule has 2 fully saturated rings. The molecule has 120 valence electrons. The normalized spacial score (nSPS) is 32.1. The summed E-state index contributed by atoms with van der Waals surface area (Å²) < 4.78 is 0. The van der Waals surface area contributed by atoms with Crippen molar-refractivity contribution in [3.05, 3.63) is 0 Å². The van der Waals surface area contributed by atoms with Crippen LogP contribution in [0.3, 0.4) is 0 Å². The van der Waals surface area contributed by atoms with E-state index in [1.54, 1.807) is 6.92 Å². The molecule has 1 aliphatic carbocycles. The number of hydrogen-bond donors (Lipinski definition) is 2. The monoisotopic (exact) mass is 297 g/mol. The number of aliphatic carboxylic acids is 1. The van der Waals surface area contributed by atoms with Gasteiger partial charge in [-0.1, -0.05) is 13.3 Å². The van der Waals surface area contributed by atoms with Gasteiger partial charge in [0.2, 0.25) is 5.91 Å². The summed E-state index contributed by atoms with van der Waals surface area (Å²) in [6, 6.07) is 0. The summed E-state index contributed by atoms with van der Waals surface area (Å²) in [6.45, 7) is 5.15. The van der Waals surface area contributed by atoms with E-state index < -0.39 is 11.9 Å². The molecule has 1 saturated carbocycles. The minimum atomic E-state index is -0.830. The molecule has 1 amide bonds. The maximum atomic E-state index is 12.7. The van der Waals surface area contributed by atoms with E-state index in [9.17, 15) is 19.8 Å². The third-order valence-corrected chi connectivity index (χ3v) is 5.41. The molecule has 0 radical (unpaired) electrons. The molecule has 0 aromatic rings. The van der Waals surface area contributed by atoms with E-state index in [-0.39, 0.29) is 23.8 Å². The van der Waals surface area contributed by atoms with Crippen molar-refractivity contribution in [1.29, 1.82) is 0 Å². The first-order valence-electron chi connectivity index (χ1n) is 8.13. The van der Waals surface area contributed by atoms with E-state index in [4.69, 9.17) is 0 Å². The van der Waals surface area contributed by atoms with Gasteiger partial charge in [-0.2, -0.15) is 0 Å². The highest BCUT2D eigenvalue weighted by Gasteiger charge is 2.44. The highest BCUT2D eigenvalue weighted by atomic mass is 16.4. The van der Waals surface area contributed by atoms with Crippen molar-refractivity contribution >= 4 is 11.9 Å². The second-order valence-corrected chi connectivity index (χ2v) is 6.70. The largest absolute Gasteiger partial charge is 0.481 e. The number of piperidine rings is 1. The summed E-state index contributed by atoms with van der Waals surface area (Å²) in [5, 5.41) is 19.0. The molecule has 2 rings (SSSR count). The van der Waals surface area contributed by atoms with Gasteiger partial charge in [0.25, 0.3) is 0 Å². The van der Waals surface area contributed by atoms with Crippen LogP contribution in [-0.2, 0) is 9.59 Å². The number of likely N-dealkylation sites (tertiary alicyclic amines) is 1. The fraction of sp³-hybridized carbons (Fsp3) is 0.875. The molecule has 0 spiro atoms. The van der Waals surface area contributed by atoms with E-state index >= 15 is 0 Å². The summed E-state index contributed by atoms with van der Waals surface area (Å²) in [5.74, 6) is -1.07. The quantitative estimate of drug-likeness (QED) is 0.828. The van der Waals surface area contributed by atoms with Gasteiger partial charge in [0.05, 0.1) is 17.9 Å². The van der Waals surface area contributed by atoms with Gasteiger partial charge in [0, 0.05) is 13.1 Å². The number of rotatable bonds is 4. The first kappa shape index (κ1) is 16.3. The molecule has 1 heterocycles. The lowest BCUT2D eigenvalue weighted by Crippen LogP contribution is -2.45. The third kappa shape index (κ3) is 3.57. The topological polar surface area (TPSA) is 77.8 Å². The van der Waals surface area contributed by atoms with Crippen LogP contribution in [0.4, 0.5) is 0 Å². The Morgan fingerprint density at radius 2 is 1.76 bits per heavy atom. The Morgan fingerprint density at radius 3 is 2.24 bits per heavy atom. The molecule has 5 nitrogen and oxygen atoms in total. The number of aliphatic hydroxyl groups excluding tert-OH is 1. The van der Waals surface area contributed by atoms with Gasteiger partial charge >= 0.3 is 5.97 Å². The molecule has 0 bridgehead atoms. The molecular formula is C16H27NO4. The minimum absolute atomic E-state index is 0.0161. The molecule has 0 aromatic heterocycles. The predicted octanol–water partition coefficient (Wildman–Crippen LogP) is 1.74. The van der Waals surface area contributed by atoms with Gasteiger partial charge < -0.3 is 15.1 Å². The number of carbonyl (C=O) groups excluding carboxylic acids is 1. The van der Waals surface area contributed by atoms with Crippen LogP contribution < -0.4 is 0 Å². The standard InChI is InChI=1S/C16H27NO4/c1-3-11-8-13(14(9-11)16(20)21)15(19)17-6-4-12(5-7-17)10(2)18/h10-14,18H,3-9H2,1-2H3,(H,20,21)/t10?,11?,13-,14+/m0/s1. The lowest BCUT2D eigenvalue weighted by atomic mass is 9.89. The maximum absolute atomic E-state index is 12.7. The summed E-state index contributed by atoms with van der Waals surface area (Å²) in [7, 11) is 0. The van der Waals surface area contributed by atoms with Crippen LogP contribution in [0.15, 0.2) is 0 Å². The van der Waals surface area contributed by atoms with E-state index in [1.165, 1.54) is 0 Å². The van der Waals surface area contributed by atoms with E-state index in [2.05, 4.69) is 6.92 Å². The number of nitrogens with zero attached hydrogens (tertiary/aromatic N) is 1. The van der Waals surface area contributed by atoms with Crippen molar-refractivity contribution in [3.63, 3.8) is 0 Å². The molecular weight excluding hydrogens is 270 g/mol. The smallest absolute Gasteiger partial charge is 0.307 e. The number of carboxylic acids is 1. The summed E-state index contributed by atoms with van der Waals surface area (Å²) in [5.41, 5.74) is 0. The maximum Gasteiger partial charge on any atom is 0.307 e. The Bertz CT molecular complexity index is 388. The number of carboxylic acid groups (broad SMARTS) is 1. The fourth-order valence-electron chi connectivity index (χ4n) is 3.86. The molecule has 5 heteroatoms. The fourth-order valence-corrected chi connectivity index (χ4v) is 3.86. The zero-order chi connectivity index (χ0) is 15.6. The lowest BCUT2D eigenvalue weighted by Gasteiger charge is -2.35. The molecule has 0 aromatic carbocycles. The second-order valence-electron chi connectivity index (χ2n) is 6.70. The van der Waals surface area contributed by atoms with Gasteiger partial charge in [-0.15, -0.1) is 0 Å². The predicted molar refractivity (Wildman–Crippen MR) is 78.6 cm³/mol. The Labute approximate surface area is 126 Å². The van der Waals surface area contributed by atoms with E-state index in [0.717, 1.165) is 19.3 Å². The van der Waals surface area contributed by atoms with Crippen molar-refractivity contribution in [1.82, 2.24) is 4.90 Å². The third-order valence-electron chi connectivity index (χ3n) is 5.41. The average molecular weight is 297 g/mol. The second kappa shape index (κ2) is 6.77. The van der Waals surface area contributed by atoms with Crippen LogP contribution in [0.2, 0.25) is 0 Å². The molecule has 4 atom stereocenters. The van der Waals surface area contributed by atoms with Crippen molar-refractivity contribution in [2.45, 2.75) is 52.1 Å². The highest BCUT2D eigenvalue weighted by Crippen LogP contribution is 2.40. The Morgan fingerprint density at radius 1 is 1.19 bits per heavy atom. The van der Waals surface area contributed by atoms with E-state index in [0.29, 0.717) is 31.8 Å². The van der Waals surface area contributed by atoms with Gasteiger partial charge in [-0.3, -0.25) is 9.59 Å². The zero-order valence-electron chi connectivity index (χ0n) is 13.0. The van der Waals surface area contributed by atoms with Gasteiger partial charge in [-0.05, 0) is 44.4 Å². The molecule has 2 aliphatic rings. The van der Waals surface area contributed by atoms with Crippen LogP contribution in [0.1, 0.15) is 46.0 Å². The minimum Gasteiger partial charge on any atom is -0.481 e. The molecule has 2 N–H and O–H groups in total. The molecule has 2 unspecified atom stereocenters. The summed E-state index contributed by atoms with van der Waals surface area (Å²) in [6.07, 6.45) is 3.58. The van der Waals surface area contributed by atoms with Crippen molar-refractivity contribution in [3.8, 4) is 0 Å². The lowest BCUT2D eigenvalue weighted by molar-refractivity contribution is -0.149. The number of hydrogen-bond acceptors (Lipinski definition) is 3. The number of aliphatic hydroxyl groups is 1. The van der Waals surface area contributed by atoms with Crippen molar-refractivity contribution < 1.29 is 19.8 Å². The van der Waals surface area contributed by atoms with Crippen LogP contribution in [0.25, 0.3) is 0 Å². The van der Waals surface area contributed by atoms with Gasteiger partial charge in [0.1, 0.15) is 0 Å². The number of carbonyl (C=O) groups is 2. The van der Waals surface area contributed by atoms with Crippen LogP contribution in [0, 0.1) is 23.7 Å². The van der Waals surface area contributed by atoms with Crippen LogP contribution in [-0.4, -0.2) is 46.2 Å². The molecule has 21 heavy (non-hydrogen) atoms. The Kier molecular flexibility index (Phi) is 5.25. The van der Waals surface area contributed by atoms with Crippen LogP contribution >= 0.6 is 0 Å². The van der Waals surface area contributed by atoms with Gasteiger partial charge in [0.15, 0.2) is 0 Å². The first-order chi connectivity index (χ1) is 9.93. The number of amides is 1. The Balaban J connectivity index is 1.97. The highest BCUT2D eigenvalue weighted by molar-refractivity contribution is 5.85. The zero-order valence-corrected chi connectivity index (χ0v) is 13.0. The summed E-state index contributed by atoms with van der Waals surface area (Å²) >= 11 is 0. The van der Waals surface area contributed by atoms with Crippen LogP contribution in [0.5, 0.6) is 0 Å². The van der Waals surface area contributed by atoms with E-state index in [1.807, 2.05) is 4.90 Å². The van der Waals surface area contributed by atoms with Crippen molar-refractivity contribution in [2.75, 3.05) is 13.1 Å². The Hall–Kier alpha value is -1.10.